The number of rotatable bonds is 4. The van der Waals surface area contributed by atoms with Crippen LogP contribution in [-0.2, 0) is 15.1 Å². The Morgan fingerprint density at radius 1 is 1.28 bits per heavy atom. The zero-order valence-corrected chi connectivity index (χ0v) is 16.5. The summed E-state index contributed by atoms with van der Waals surface area (Å²) in [4.78, 5) is 16.1. The first kappa shape index (κ1) is 19.3. The molecule has 4 aromatic heterocycles. The highest BCUT2D eigenvalue weighted by molar-refractivity contribution is 7.93. The summed E-state index contributed by atoms with van der Waals surface area (Å²) in [5.74, 6) is -0.688. The second-order valence-corrected chi connectivity index (χ2v) is 8.79. The summed E-state index contributed by atoms with van der Waals surface area (Å²) < 4.78 is 49.7. The van der Waals surface area contributed by atoms with Crippen LogP contribution in [0.3, 0.4) is 0 Å². The number of nitrogens with zero attached hydrogens (tertiary/aromatic N) is 7. The lowest BCUT2D eigenvalue weighted by atomic mass is 10.2. The van der Waals surface area contributed by atoms with Crippen molar-refractivity contribution in [1.29, 1.82) is 0 Å². The first-order chi connectivity index (χ1) is 13.6. The Kier molecular flexibility index (Phi) is 4.54. The molecule has 0 radical (unpaired) electrons. The molecule has 4 aromatic rings. The molecule has 4 rings (SSSR count). The molecule has 0 aliphatic carbocycles. The topological polar surface area (TPSA) is 111 Å². The third-order valence-corrected chi connectivity index (χ3v) is 5.70. The van der Waals surface area contributed by atoms with E-state index < -0.39 is 21.0 Å². The number of fused-ring (bicyclic) bond motifs is 1. The van der Waals surface area contributed by atoms with Gasteiger partial charge in [-0.2, -0.15) is 18.1 Å². The van der Waals surface area contributed by atoms with Gasteiger partial charge in [-0.1, -0.05) is 5.16 Å². The maximum absolute atomic E-state index is 13.1. The summed E-state index contributed by atoms with van der Waals surface area (Å²) in [6.07, 6.45) is 7.29. The lowest BCUT2D eigenvalue weighted by Gasteiger charge is -2.04. The van der Waals surface area contributed by atoms with Gasteiger partial charge in [0.2, 0.25) is 5.82 Å². The van der Waals surface area contributed by atoms with Crippen LogP contribution in [0.25, 0.3) is 17.0 Å². The van der Waals surface area contributed by atoms with Crippen molar-refractivity contribution in [2.75, 3.05) is 6.26 Å². The first-order valence-corrected chi connectivity index (χ1v) is 10.3. The molecule has 0 amide bonds. The van der Waals surface area contributed by atoms with E-state index in [1.54, 1.807) is 29.7 Å². The average molecular weight is 440 g/mol. The quantitative estimate of drug-likeness (QED) is 0.447. The van der Waals surface area contributed by atoms with Gasteiger partial charge >= 0.3 is 11.3 Å². The highest BCUT2D eigenvalue weighted by atomic mass is 35.5. The number of pyridine rings is 1. The van der Waals surface area contributed by atoms with Gasteiger partial charge < -0.3 is 4.52 Å². The van der Waals surface area contributed by atoms with Crippen LogP contribution in [0.5, 0.6) is 0 Å². The summed E-state index contributed by atoms with van der Waals surface area (Å²) in [5, 5.41) is -0.239. The SMILES string of the molecule is Cc1nc2cc(-c3noc(C(F)(F)Cl)n3)ccn2c1N=S(C)(=O)c1cncnc1. The van der Waals surface area contributed by atoms with Gasteiger partial charge in [-0.15, -0.1) is 0 Å². The van der Waals surface area contributed by atoms with Crippen molar-refractivity contribution in [1.82, 2.24) is 29.5 Å². The van der Waals surface area contributed by atoms with E-state index in [0.717, 1.165) is 0 Å². The van der Waals surface area contributed by atoms with Crippen LogP contribution in [0.4, 0.5) is 14.6 Å². The molecule has 0 bridgehead atoms. The molecule has 0 aliphatic rings. The predicted octanol–water partition coefficient (Wildman–Crippen LogP) is 3.56. The highest BCUT2D eigenvalue weighted by Gasteiger charge is 2.35. The summed E-state index contributed by atoms with van der Waals surface area (Å²) in [6.45, 7) is 1.71. The van der Waals surface area contributed by atoms with E-state index in [9.17, 15) is 13.0 Å². The van der Waals surface area contributed by atoms with Crippen LogP contribution < -0.4 is 0 Å². The molecule has 4 heterocycles. The summed E-state index contributed by atoms with van der Waals surface area (Å²) in [5.41, 5.74) is 1.34. The molecule has 0 saturated carbocycles. The highest BCUT2D eigenvalue weighted by Crippen LogP contribution is 2.32. The van der Waals surface area contributed by atoms with E-state index in [1.807, 2.05) is 0 Å². The number of aryl methyl sites for hydroxylation is 1. The van der Waals surface area contributed by atoms with Crippen LogP contribution in [0, 0.1) is 6.92 Å². The summed E-state index contributed by atoms with van der Waals surface area (Å²) in [6, 6.07) is 3.13. The number of hydrogen-bond donors (Lipinski definition) is 0. The Labute approximate surface area is 168 Å². The lowest BCUT2D eigenvalue weighted by molar-refractivity contribution is 0.0551. The molecule has 9 nitrogen and oxygen atoms in total. The lowest BCUT2D eigenvalue weighted by Crippen LogP contribution is -2.03. The Balaban J connectivity index is 1.79. The van der Waals surface area contributed by atoms with Gasteiger partial charge in [0.05, 0.1) is 20.3 Å². The Hall–Kier alpha value is -2.99. The van der Waals surface area contributed by atoms with E-state index in [0.29, 0.717) is 27.6 Å². The van der Waals surface area contributed by atoms with Crippen LogP contribution >= 0.6 is 11.6 Å². The minimum atomic E-state index is -3.76. The summed E-state index contributed by atoms with van der Waals surface area (Å²) in [7, 11) is -2.82. The Morgan fingerprint density at radius 3 is 2.66 bits per heavy atom. The fraction of sp³-hybridized carbons (Fsp3) is 0.188. The average Bonchev–Trinajstić information content (AvgIpc) is 3.27. The van der Waals surface area contributed by atoms with Crippen LogP contribution in [0.2, 0.25) is 0 Å². The molecule has 0 spiro atoms. The molecule has 150 valence electrons. The van der Waals surface area contributed by atoms with Gasteiger partial charge in [0.15, 0.2) is 5.82 Å². The summed E-state index contributed by atoms with van der Waals surface area (Å²) >= 11 is 4.90. The number of aromatic nitrogens is 6. The van der Waals surface area contributed by atoms with Crippen molar-refractivity contribution in [3.8, 4) is 11.4 Å². The molecule has 29 heavy (non-hydrogen) atoms. The fourth-order valence-electron chi connectivity index (χ4n) is 2.55. The molecule has 1 atom stereocenters. The van der Waals surface area contributed by atoms with Crippen molar-refractivity contribution >= 4 is 32.8 Å². The van der Waals surface area contributed by atoms with Gasteiger partial charge in [-0.25, -0.2) is 19.2 Å². The van der Waals surface area contributed by atoms with Crippen molar-refractivity contribution in [2.24, 2.45) is 4.36 Å². The van der Waals surface area contributed by atoms with Crippen LogP contribution in [0.1, 0.15) is 11.6 Å². The van der Waals surface area contributed by atoms with Gasteiger partial charge in [0, 0.05) is 30.4 Å². The minimum absolute atomic E-state index is 0.0670. The zero-order chi connectivity index (χ0) is 20.8. The monoisotopic (exact) mass is 439 g/mol. The molecular formula is C16H12ClF2N7O2S. The normalized spacial score (nSPS) is 14.1. The van der Waals surface area contributed by atoms with E-state index in [4.69, 9.17) is 11.6 Å². The fourth-order valence-corrected chi connectivity index (χ4v) is 3.80. The van der Waals surface area contributed by atoms with Crippen molar-refractivity contribution < 1.29 is 17.5 Å². The molecule has 1 unspecified atom stereocenters. The van der Waals surface area contributed by atoms with E-state index in [1.165, 1.54) is 25.0 Å². The number of imidazole rings is 1. The van der Waals surface area contributed by atoms with Crippen molar-refractivity contribution in [2.45, 2.75) is 17.2 Å². The third-order valence-electron chi connectivity index (χ3n) is 3.93. The number of hydrogen-bond acceptors (Lipinski definition) is 8. The third kappa shape index (κ3) is 3.68. The predicted molar refractivity (Wildman–Crippen MR) is 99.4 cm³/mol. The maximum atomic E-state index is 13.1. The largest absolute Gasteiger partial charge is 0.400 e. The van der Waals surface area contributed by atoms with Crippen molar-refractivity contribution in [3.05, 3.63) is 48.6 Å². The van der Waals surface area contributed by atoms with Gasteiger partial charge in [-0.05, 0) is 30.7 Å². The Morgan fingerprint density at radius 2 is 2.00 bits per heavy atom. The number of halogens is 3. The van der Waals surface area contributed by atoms with Crippen LogP contribution in [-0.4, -0.2) is 40.0 Å². The molecule has 0 aromatic carbocycles. The first-order valence-electron chi connectivity index (χ1n) is 8.02. The van der Waals surface area contributed by atoms with E-state index in [-0.39, 0.29) is 5.82 Å². The molecule has 0 saturated heterocycles. The van der Waals surface area contributed by atoms with Crippen LogP contribution in [0.15, 0.2) is 50.8 Å². The molecule has 0 N–H and O–H groups in total. The second-order valence-electron chi connectivity index (χ2n) is 6.05. The van der Waals surface area contributed by atoms with Gasteiger partial charge in [0.25, 0.3) is 0 Å². The van der Waals surface area contributed by atoms with Gasteiger partial charge in [-0.3, -0.25) is 4.40 Å². The molecular weight excluding hydrogens is 428 g/mol. The molecule has 13 heteroatoms. The molecule has 0 aliphatic heterocycles. The van der Waals surface area contributed by atoms with E-state index >= 15 is 0 Å². The van der Waals surface area contributed by atoms with Crippen molar-refractivity contribution in [3.63, 3.8) is 0 Å². The second kappa shape index (κ2) is 6.81. The standard InChI is InChI=1S/C16H12ClF2N7O2S/c1-9-14(25-29(2,27)11-6-20-8-21-7-11)26-4-3-10(5-12(26)22-9)13-23-15(28-24-13)16(17,18)19/h3-8H,1-2H3. The number of alkyl halides is 3. The maximum Gasteiger partial charge on any atom is 0.400 e. The van der Waals surface area contributed by atoms with E-state index in [2.05, 4.69) is 34.0 Å². The smallest absolute Gasteiger partial charge is 0.331 e. The Bertz CT molecular complexity index is 1320. The van der Waals surface area contributed by atoms with Gasteiger partial charge in [0.1, 0.15) is 12.0 Å². The molecule has 0 fully saturated rings. The minimum Gasteiger partial charge on any atom is -0.331 e. The zero-order valence-electron chi connectivity index (χ0n) is 15.0.